The molecule has 3 aromatic heterocycles. The number of H-pyrrole nitrogens is 4. The van der Waals surface area contributed by atoms with Gasteiger partial charge in [0.1, 0.15) is 0 Å². The van der Waals surface area contributed by atoms with E-state index < -0.39 is 0 Å². The largest absolute Gasteiger partial charge is 0.272 e. The minimum absolute atomic E-state index is 0.230. The second kappa shape index (κ2) is 12.4. The maximum atomic E-state index is 11.3. The van der Waals surface area contributed by atoms with Crippen LogP contribution in [0.2, 0.25) is 10.3 Å². The van der Waals surface area contributed by atoms with Gasteiger partial charge < -0.3 is 0 Å². The Labute approximate surface area is 252 Å². The van der Waals surface area contributed by atoms with E-state index in [0.29, 0.717) is 42.6 Å². The van der Waals surface area contributed by atoms with Crippen LogP contribution in [0.1, 0.15) is 0 Å². The van der Waals surface area contributed by atoms with E-state index in [1.54, 1.807) is 48.5 Å². The van der Waals surface area contributed by atoms with Gasteiger partial charge in [0.25, 0.3) is 22.2 Å². The molecule has 0 aliphatic rings. The maximum Gasteiger partial charge on any atom is 0.272 e. The van der Waals surface area contributed by atoms with Crippen LogP contribution >= 0.6 is 71.0 Å². The fourth-order valence-corrected chi connectivity index (χ4v) is 4.85. The van der Waals surface area contributed by atoms with Crippen molar-refractivity contribution in [2.75, 3.05) is 0 Å². The molecule has 15 heteroatoms. The Balaban J connectivity index is 0.000000136. The van der Waals surface area contributed by atoms with Crippen LogP contribution in [0, 0.1) is 0 Å². The highest BCUT2D eigenvalue weighted by Gasteiger charge is 2.05. The second-order valence-corrected chi connectivity index (χ2v) is 11.1. The van der Waals surface area contributed by atoms with Crippen LogP contribution in [0.5, 0.6) is 0 Å². The van der Waals surface area contributed by atoms with Gasteiger partial charge in [-0.25, -0.2) is 10.2 Å². The summed E-state index contributed by atoms with van der Waals surface area (Å²) in [4.78, 5) is 45.0. The molecule has 0 amide bonds. The first-order chi connectivity index (χ1) is 18.5. The minimum Gasteiger partial charge on any atom is -0.267 e. The van der Waals surface area contributed by atoms with Crippen molar-refractivity contribution < 1.29 is 0 Å². The van der Waals surface area contributed by atoms with Crippen LogP contribution in [0.15, 0.2) is 87.2 Å². The summed E-state index contributed by atoms with van der Waals surface area (Å²) in [6, 6.07) is 15.5. The molecule has 0 spiro atoms. The average molecular weight is 760 g/mol. The lowest BCUT2D eigenvalue weighted by molar-refractivity contribution is 0.976. The Kier molecular flexibility index (Phi) is 9.18. The third-order valence-corrected chi connectivity index (χ3v) is 7.22. The van der Waals surface area contributed by atoms with Crippen molar-refractivity contribution in [3.05, 3.63) is 120 Å². The predicted octanol–water partition coefficient (Wildman–Crippen LogP) is 5.66. The summed E-state index contributed by atoms with van der Waals surface area (Å²) in [5, 5.41) is 20.2. The van der Waals surface area contributed by atoms with E-state index in [0.717, 1.165) is 13.4 Å². The number of rotatable bonds is 0. The molecule has 0 fully saturated rings. The molecule has 0 saturated heterocycles. The number of halogens is 5. The van der Waals surface area contributed by atoms with Gasteiger partial charge in [-0.15, -0.1) is 0 Å². The summed E-state index contributed by atoms with van der Waals surface area (Å²) in [6.45, 7) is 0. The second-order valence-electron chi connectivity index (χ2n) is 7.67. The molecule has 6 rings (SSSR count). The third kappa shape index (κ3) is 6.73. The molecular weight excluding hydrogens is 747 g/mol. The van der Waals surface area contributed by atoms with E-state index in [4.69, 9.17) is 23.2 Å². The zero-order chi connectivity index (χ0) is 28.3. The van der Waals surface area contributed by atoms with Crippen molar-refractivity contribution in [1.82, 2.24) is 30.6 Å². The summed E-state index contributed by atoms with van der Waals surface area (Å²) in [5.74, 6) is 0. The highest BCUT2D eigenvalue weighted by Crippen LogP contribution is 2.22. The fourth-order valence-electron chi connectivity index (χ4n) is 3.36. The van der Waals surface area contributed by atoms with Crippen molar-refractivity contribution in [2.24, 2.45) is 0 Å². The molecule has 198 valence electrons. The van der Waals surface area contributed by atoms with Crippen LogP contribution in [-0.2, 0) is 0 Å². The van der Waals surface area contributed by atoms with Crippen molar-refractivity contribution in [3.8, 4) is 0 Å². The van der Waals surface area contributed by atoms with Gasteiger partial charge in [0.05, 0.1) is 21.5 Å². The molecule has 10 nitrogen and oxygen atoms in total. The zero-order valence-electron chi connectivity index (χ0n) is 19.1. The SMILES string of the molecule is O=c1[nH][nH]c(=O)c2cc(Br)ccc12.O=c1[nH]nc(Cl)c2cc(Br)ccc12.O=c1[nH]nc(Cl)c2ccc(Br)cc12. The summed E-state index contributed by atoms with van der Waals surface area (Å²) >= 11 is 21.4. The summed E-state index contributed by atoms with van der Waals surface area (Å²) < 4.78 is 2.48. The highest BCUT2D eigenvalue weighted by molar-refractivity contribution is 9.11. The molecule has 0 bridgehead atoms. The number of hydrogen-bond acceptors (Lipinski definition) is 6. The van der Waals surface area contributed by atoms with Crippen molar-refractivity contribution in [1.29, 1.82) is 0 Å². The molecule has 0 saturated carbocycles. The number of nitrogens with zero attached hydrogens (tertiary/aromatic N) is 2. The van der Waals surface area contributed by atoms with E-state index in [9.17, 15) is 19.2 Å². The highest BCUT2D eigenvalue weighted by atomic mass is 79.9. The predicted molar refractivity (Wildman–Crippen MR) is 163 cm³/mol. The molecule has 0 atom stereocenters. The monoisotopic (exact) mass is 756 g/mol. The number of aromatic nitrogens is 6. The fraction of sp³-hybridized carbons (Fsp3) is 0. The number of hydrogen-bond donors (Lipinski definition) is 4. The topological polar surface area (TPSA) is 157 Å². The molecular formula is C24H13Br3Cl2N6O4. The summed E-state index contributed by atoms with van der Waals surface area (Å²) in [5.41, 5.74) is -1.05. The summed E-state index contributed by atoms with van der Waals surface area (Å²) in [6.07, 6.45) is 0. The minimum atomic E-state index is -0.295. The molecule has 0 aliphatic heterocycles. The van der Waals surface area contributed by atoms with Crippen LogP contribution in [-0.4, -0.2) is 30.6 Å². The van der Waals surface area contributed by atoms with Gasteiger partial charge in [-0.2, -0.15) is 10.2 Å². The lowest BCUT2D eigenvalue weighted by Gasteiger charge is -1.98. The first-order valence-corrected chi connectivity index (χ1v) is 13.8. The quantitative estimate of drug-likeness (QED) is 0.157. The number of fused-ring (bicyclic) bond motifs is 3. The Hall–Kier alpha value is -3.10. The number of nitrogens with one attached hydrogen (secondary N) is 4. The lowest BCUT2D eigenvalue weighted by Crippen LogP contribution is -2.18. The van der Waals surface area contributed by atoms with Gasteiger partial charge in [0.2, 0.25) is 0 Å². The van der Waals surface area contributed by atoms with Crippen LogP contribution in [0.25, 0.3) is 32.3 Å². The maximum absolute atomic E-state index is 11.3. The molecule has 0 unspecified atom stereocenters. The summed E-state index contributed by atoms with van der Waals surface area (Å²) in [7, 11) is 0. The lowest BCUT2D eigenvalue weighted by atomic mass is 10.2. The van der Waals surface area contributed by atoms with E-state index >= 15 is 0 Å². The number of aromatic amines is 4. The normalized spacial score (nSPS) is 10.6. The molecule has 3 aromatic carbocycles. The Morgan fingerprint density at radius 3 is 1.38 bits per heavy atom. The Bertz CT molecular complexity index is 2090. The van der Waals surface area contributed by atoms with Gasteiger partial charge in [-0.05, 0) is 54.6 Å². The van der Waals surface area contributed by atoms with E-state index in [1.807, 2.05) is 6.07 Å². The molecule has 4 N–H and O–H groups in total. The Morgan fingerprint density at radius 1 is 0.487 bits per heavy atom. The number of benzene rings is 3. The Morgan fingerprint density at radius 2 is 0.846 bits per heavy atom. The zero-order valence-corrected chi connectivity index (χ0v) is 25.4. The molecule has 0 radical (unpaired) electrons. The van der Waals surface area contributed by atoms with E-state index in [2.05, 4.69) is 78.4 Å². The van der Waals surface area contributed by atoms with Gasteiger partial charge in [-0.1, -0.05) is 71.0 Å². The van der Waals surface area contributed by atoms with Crippen LogP contribution in [0.3, 0.4) is 0 Å². The molecule has 3 heterocycles. The third-order valence-electron chi connectivity index (χ3n) is 5.17. The van der Waals surface area contributed by atoms with Crippen molar-refractivity contribution >= 4 is 103 Å². The van der Waals surface area contributed by atoms with Gasteiger partial charge in [0.15, 0.2) is 10.3 Å². The average Bonchev–Trinajstić information content (AvgIpc) is 2.91. The van der Waals surface area contributed by atoms with Gasteiger partial charge in [-0.3, -0.25) is 29.4 Å². The van der Waals surface area contributed by atoms with Gasteiger partial charge >= 0.3 is 0 Å². The van der Waals surface area contributed by atoms with Gasteiger partial charge in [0, 0.05) is 24.2 Å². The first kappa shape index (κ1) is 28.9. The van der Waals surface area contributed by atoms with Crippen molar-refractivity contribution in [2.45, 2.75) is 0 Å². The van der Waals surface area contributed by atoms with E-state index in [-0.39, 0.29) is 22.2 Å². The first-order valence-electron chi connectivity index (χ1n) is 10.6. The van der Waals surface area contributed by atoms with Crippen LogP contribution in [0.4, 0.5) is 0 Å². The molecule has 6 aromatic rings. The standard InChI is InChI=1S/2C8H4BrClN2O.C8H5BrN2O2/c9-4-1-2-5-6(3-4)7(10)11-12-8(5)13;9-4-1-2-5-6(3-4)8(13)12-11-7(5)10;9-4-1-2-5-6(3-4)8(13)11-10-7(5)12/h2*1-3H,(H,12,13);1-3H,(H,10,12)(H,11,13). The molecule has 0 aliphatic carbocycles. The van der Waals surface area contributed by atoms with E-state index in [1.165, 1.54) is 0 Å². The van der Waals surface area contributed by atoms with Crippen molar-refractivity contribution in [3.63, 3.8) is 0 Å². The van der Waals surface area contributed by atoms with Crippen LogP contribution < -0.4 is 22.2 Å². The molecule has 39 heavy (non-hydrogen) atoms. The smallest absolute Gasteiger partial charge is 0.267 e.